The number of nitrogens with one attached hydrogen (secondary N) is 2. The summed E-state index contributed by atoms with van der Waals surface area (Å²) in [5, 5.41) is 6.14. The molecule has 41 heavy (non-hydrogen) atoms. The van der Waals surface area contributed by atoms with Crippen LogP contribution in [0.1, 0.15) is 43.7 Å². The second kappa shape index (κ2) is 12.1. The maximum Gasteiger partial charge on any atom is 0.287 e. The van der Waals surface area contributed by atoms with Gasteiger partial charge < -0.3 is 15.1 Å². The fourth-order valence-corrected chi connectivity index (χ4v) is 7.81. The second-order valence-corrected chi connectivity index (χ2v) is 14.4. The minimum Gasteiger partial charge on any atom is -0.451 e. The van der Waals surface area contributed by atoms with Gasteiger partial charge in [0.1, 0.15) is 16.5 Å². The van der Waals surface area contributed by atoms with Crippen LogP contribution in [0.4, 0.5) is 0 Å². The Kier molecular flexibility index (Phi) is 9.00. The van der Waals surface area contributed by atoms with Crippen LogP contribution < -0.4 is 10.6 Å². The zero-order chi connectivity index (χ0) is 29.9. The Labute approximate surface area is 239 Å². The number of carbonyl (C=O) groups is 3. The number of amides is 2. The topological polar surface area (TPSA) is 160 Å². The molecule has 4 rings (SSSR count). The molecule has 1 aliphatic rings. The van der Waals surface area contributed by atoms with Gasteiger partial charge in [-0.05, 0) is 49.4 Å². The van der Waals surface area contributed by atoms with Gasteiger partial charge in [0.05, 0.1) is 17.5 Å². The molecule has 13 heteroatoms. The van der Waals surface area contributed by atoms with Crippen molar-refractivity contribution in [3.63, 3.8) is 0 Å². The van der Waals surface area contributed by atoms with Crippen molar-refractivity contribution in [2.45, 2.75) is 55.0 Å². The predicted molar refractivity (Wildman–Crippen MR) is 151 cm³/mol. The van der Waals surface area contributed by atoms with Gasteiger partial charge in [0, 0.05) is 18.2 Å². The van der Waals surface area contributed by atoms with Gasteiger partial charge in [0.25, 0.3) is 5.91 Å². The molecule has 1 fully saturated rings. The van der Waals surface area contributed by atoms with Crippen LogP contribution >= 0.6 is 0 Å². The molecule has 2 N–H and O–H groups in total. The third-order valence-corrected chi connectivity index (χ3v) is 9.97. The van der Waals surface area contributed by atoms with Crippen molar-refractivity contribution in [1.82, 2.24) is 14.9 Å². The molecule has 1 aromatic heterocycles. The Hall–Kier alpha value is -3.55. The second-order valence-electron chi connectivity index (χ2n) is 10.5. The summed E-state index contributed by atoms with van der Waals surface area (Å²) >= 11 is 0. The fourth-order valence-electron chi connectivity index (χ4n) is 4.76. The van der Waals surface area contributed by atoms with Crippen LogP contribution in [-0.4, -0.2) is 70.2 Å². The van der Waals surface area contributed by atoms with E-state index in [1.807, 2.05) is 19.9 Å². The van der Waals surface area contributed by atoms with Gasteiger partial charge in [-0.25, -0.2) is 16.8 Å². The molecule has 0 spiro atoms. The van der Waals surface area contributed by atoms with Gasteiger partial charge in [0.15, 0.2) is 21.4 Å². The third-order valence-electron chi connectivity index (χ3n) is 6.78. The van der Waals surface area contributed by atoms with Crippen molar-refractivity contribution in [2.24, 2.45) is 5.92 Å². The Bertz CT molecular complexity index is 1650. The molecule has 2 aromatic carbocycles. The number of sulfone groups is 1. The summed E-state index contributed by atoms with van der Waals surface area (Å²) in [6.45, 7) is 3.21. The highest BCUT2D eigenvalue weighted by atomic mass is 32.2. The lowest BCUT2D eigenvalue weighted by molar-refractivity contribution is -0.129. The van der Waals surface area contributed by atoms with Gasteiger partial charge in [-0.1, -0.05) is 44.2 Å². The SMILES string of the molecule is CC(C)C[C@H](NC(=O)c1cc2ccccc2o1)C(=O)NC1CCCN(S(=O)(=O)c2ccccc2S(C)(=O)=O)CC1=O. The summed E-state index contributed by atoms with van der Waals surface area (Å²) in [6, 6.07) is 12.0. The first kappa shape index (κ1) is 30.4. The van der Waals surface area contributed by atoms with E-state index in [2.05, 4.69) is 10.6 Å². The molecule has 1 aliphatic heterocycles. The van der Waals surface area contributed by atoms with Crippen LogP contribution in [0.25, 0.3) is 11.0 Å². The highest BCUT2D eigenvalue weighted by molar-refractivity contribution is 7.93. The number of ketones is 1. The number of hydrogen-bond acceptors (Lipinski definition) is 8. The first-order valence-corrected chi connectivity index (χ1v) is 16.5. The molecule has 1 saturated heterocycles. The number of benzene rings is 2. The average Bonchev–Trinajstić information content (AvgIpc) is 3.26. The quantitative estimate of drug-likeness (QED) is 0.377. The molecule has 2 amide bonds. The molecule has 2 heterocycles. The number of nitrogens with zero attached hydrogens (tertiary/aromatic N) is 1. The molecule has 3 aromatic rings. The summed E-state index contributed by atoms with van der Waals surface area (Å²) in [4.78, 5) is 38.6. The Morgan fingerprint density at radius 3 is 2.34 bits per heavy atom. The van der Waals surface area contributed by atoms with E-state index in [0.29, 0.717) is 12.0 Å². The minimum atomic E-state index is -4.32. The molecule has 2 atom stereocenters. The Morgan fingerprint density at radius 2 is 1.68 bits per heavy atom. The number of Topliss-reactive ketones (excluding diaryl/α,β-unsaturated/α-hetero) is 1. The van der Waals surface area contributed by atoms with Crippen molar-refractivity contribution >= 4 is 48.4 Å². The monoisotopic (exact) mass is 603 g/mol. The van der Waals surface area contributed by atoms with Crippen molar-refractivity contribution in [2.75, 3.05) is 19.3 Å². The lowest BCUT2D eigenvalue weighted by atomic mass is 10.0. The number of hydrogen-bond donors (Lipinski definition) is 2. The van der Waals surface area contributed by atoms with Gasteiger partial charge in [-0.15, -0.1) is 0 Å². The van der Waals surface area contributed by atoms with E-state index < -0.39 is 61.0 Å². The molecule has 0 aliphatic carbocycles. The standard InChI is InChI=1S/C28H33N3O8S2/c1-18(2)15-21(30-28(34)24-16-19-9-4-5-11-23(19)39-24)27(33)29-20-10-8-14-31(17-22(20)32)41(37,38)26-13-7-6-12-25(26)40(3,35)36/h4-7,9,11-13,16,18,20-21H,8,10,14-15,17H2,1-3H3,(H,29,33)(H,30,34)/t20?,21-/m0/s1. The van der Waals surface area contributed by atoms with E-state index in [4.69, 9.17) is 4.42 Å². The highest BCUT2D eigenvalue weighted by Crippen LogP contribution is 2.26. The lowest BCUT2D eigenvalue weighted by Gasteiger charge is -2.23. The maximum atomic E-state index is 13.4. The maximum absolute atomic E-state index is 13.4. The molecule has 1 unspecified atom stereocenters. The molecule has 0 bridgehead atoms. The van der Waals surface area contributed by atoms with Crippen LogP contribution in [0.2, 0.25) is 0 Å². The summed E-state index contributed by atoms with van der Waals surface area (Å²) in [6.07, 6.45) is 1.63. The van der Waals surface area contributed by atoms with E-state index in [1.165, 1.54) is 24.3 Å². The van der Waals surface area contributed by atoms with Crippen molar-refractivity contribution in [3.05, 3.63) is 60.4 Å². The van der Waals surface area contributed by atoms with Gasteiger partial charge >= 0.3 is 0 Å². The zero-order valence-corrected chi connectivity index (χ0v) is 24.6. The molecular formula is C28H33N3O8S2. The number of furan rings is 1. The zero-order valence-electron chi connectivity index (χ0n) is 23.0. The van der Waals surface area contributed by atoms with E-state index in [0.717, 1.165) is 15.9 Å². The number of carbonyl (C=O) groups excluding carboxylic acids is 3. The summed E-state index contributed by atoms with van der Waals surface area (Å²) in [5.74, 6) is -1.60. The predicted octanol–water partition coefficient (Wildman–Crippen LogP) is 2.52. The van der Waals surface area contributed by atoms with Gasteiger partial charge in [-0.3, -0.25) is 14.4 Å². The van der Waals surface area contributed by atoms with E-state index in [1.54, 1.807) is 24.3 Å². The summed E-state index contributed by atoms with van der Waals surface area (Å²) in [7, 11) is -8.17. The largest absolute Gasteiger partial charge is 0.451 e. The number of para-hydroxylation sites is 1. The Balaban J connectivity index is 1.48. The molecule has 0 saturated carbocycles. The van der Waals surface area contributed by atoms with Crippen LogP contribution in [-0.2, 0) is 29.4 Å². The molecule has 11 nitrogen and oxygen atoms in total. The third kappa shape index (κ3) is 7.03. The number of fused-ring (bicyclic) bond motifs is 1. The van der Waals surface area contributed by atoms with E-state index >= 15 is 0 Å². The highest BCUT2D eigenvalue weighted by Gasteiger charge is 2.36. The molecule has 0 radical (unpaired) electrons. The Morgan fingerprint density at radius 1 is 1.02 bits per heavy atom. The first-order chi connectivity index (χ1) is 19.3. The van der Waals surface area contributed by atoms with Crippen LogP contribution in [0.15, 0.2) is 68.8 Å². The molecular weight excluding hydrogens is 570 g/mol. The van der Waals surface area contributed by atoms with Crippen LogP contribution in [0, 0.1) is 5.92 Å². The van der Waals surface area contributed by atoms with E-state index in [-0.39, 0.29) is 36.0 Å². The van der Waals surface area contributed by atoms with Crippen LogP contribution in [0.3, 0.4) is 0 Å². The fraction of sp³-hybridized carbons (Fsp3) is 0.393. The van der Waals surface area contributed by atoms with Crippen molar-refractivity contribution in [3.8, 4) is 0 Å². The summed E-state index contributed by atoms with van der Waals surface area (Å²) in [5.41, 5.74) is 0.533. The minimum absolute atomic E-state index is 0.0297. The lowest BCUT2D eigenvalue weighted by Crippen LogP contribution is -2.52. The van der Waals surface area contributed by atoms with Gasteiger partial charge in [-0.2, -0.15) is 4.31 Å². The normalized spacial score (nSPS) is 17.8. The van der Waals surface area contributed by atoms with E-state index in [9.17, 15) is 31.2 Å². The molecule has 220 valence electrons. The first-order valence-electron chi connectivity index (χ1n) is 13.2. The van der Waals surface area contributed by atoms with Crippen molar-refractivity contribution in [1.29, 1.82) is 0 Å². The number of sulfonamides is 1. The number of rotatable bonds is 9. The van der Waals surface area contributed by atoms with Crippen molar-refractivity contribution < 1.29 is 35.6 Å². The summed E-state index contributed by atoms with van der Waals surface area (Å²) < 4.78 is 57.8. The van der Waals surface area contributed by atoms with Gasteiger partial charge in [0.2, 0.25) is 15.9 Å². The smallest absolute Gasteiger partial charge is 0.287 e. The average molecular weight is 604 g/mol. The van der Waals surface area contributed by atoms with Crippen LogP contribution in [0.5, 0.6) is 0 Å².